The SMILES string of the molecule is C#CC1C/C(=C/OP(NCC(=O)OCc2ccccc2)Oc2ccccc2)OC1n1ccc(=O)[nH]c1=O. The highest BCUT2D eigenvalue weighted by Gasteiger charge is 2.34. The molecule has 2 aromatic carbocycles. The van der Waals surface area contributed by atoms with Crippen LogP contribution >= 0.6 is 8.53 Å². The lowest BCUT2D eigenvalue weighted by molar-refractivity contribution is -0.143. The van der Waals surface area contributed by atoms with E-state index in [4.69, 9.17) is 24.9 Å². The number of nitrogens with one attached hydrogen (secondary N) is 2. The monoisotopic (exact) mass is 521 g/mol. The van der Waals surface area contributed by atoms with Gasteiger partial charge in [0.25, 0.3) is 5.56 Å². The summed E-state index contributed by atoms with van der Waals surface area (Å²) in [5.74, 6) is 2.56. The molecule has 2 N–H and O–H groups in total. The number of aromatic amines is 1. The van der Waals surface area contributed by atoms with Gasteiger partial charge in [0.1, 0.15) is 30.9 Å². The van der Waals surface area contributed by atoms with Crippen molar-refractivity contribution in [3.8, 4) is 18.1 Å². The van der Waals surface area contributed by atoms with Crippen molar-refractivity contribution in [3.05, 3.63) is 111 Å². The number of para-hydroxylation sites is 1. The second-order valence-electron chi connectivity index (χ2n) is 7.84. The van der Waals surface area contributed by atoms with Crippen LogP contribution in [0.3, 0.4) is 0 Å². The molecule has 1 aromatic heterocycles. The number of esters is 1. The van der Waals surface area contributed by atoms with Gasteiger partial charge >= 0.3 is 20.2 Å². The first-order valence-corrected chi connectivity index (χ1v) is 12.5. The number of carbonyl (C=O) groups excluding carboxylic acids is 1. The molecule has 1 aliphatic heterocycles. The minimum absolute atomic E-state index is 0.149. The van der Waals surface area contributed by atoms with Crippen molar-refractivity contribution in [2.45, 2.75) is 19.3 Å². The molecule has 0 radical (unpaired) electrons. The van der Waals surface area contributed by atoms with Crippen LogP contribution in [0.2, 0.25) is 0 Å². The van der Waals surface area contributed by atoms with Gasteiger partial charge in [0.05, 0.1) is 5.92 Å². The molecule has 1 fully saturated rings. The summed E-state index contributed by atoms with van der Waals surface area (Å²) in [6.45, 7) is -0.00562. The summed E-state index contributed by atoms with van der Waals surface area (Å²) in [6, 6.07) is 19.5. The Bertz CT molecular complexity index is 1380. The van der Waals surface area contributed by atoms with Crippen molar-refractivity contribution in [3.63, 3.8) is 0 Å². The number of allylic oxidation sites excluding steroid dienone is 1. The predicted molar refractivity (Wildman–Crippen MR) is 136 cm³/mol. The number of ether oxygens (including phenoxy) is 2. The molecule has 0 aliphatic carbocycles. The normalized spacial score (nSPS) is 18.4. The lowest BCUT2D eigenvalue weighted by Crippen LogP contribution is -2.33. The van der Waals surface area contributed by atoms with Crippen molar-refractivity contribution in [2.24, 2.45) is 5.92 Å². The zero-order valence-electron chi connectivity index (χ0n) is 19.6. The van der Waals surface area contributed by atoms with E-state index in [1.54, 1.807) is 24.3 Å². The maximum Gasteiger partial charge on any atom is 0.381 e. The van der Waals surface area contributed by atoms with E-state index in [9.17, 15) is 14.4 Å². The molecule has 2 heterocycles. The van der Waals surface area contributed by atoms with E-state index in [0.29, 0.717) is 17.9 Å². The highest BCUT2D eigenvalue weighted by molar-refractivity contribution is 7.45. The molecule has 11 heteroatoms. The number of H-pyrrole nitrogens is 1. The molecule has 37 heavy (non-hydrogen) atoms. The van der Waals surface area contributed by atoms with Gasteiger partial charge in [-0.15, -0.1) is 6.42 Å². The van der Waals surface area contributed by atoms with E-state index >= 15 is 0 Å². The van der Waals surface area contributed by atoms with E-state index in [1.165, 1.54) is 23.1 Å². The summed E-state index contributed by atoms with van der Waals surface area (Å²) < 4.78 is 24.0. The zero-order valence-corrected chi connectivity index (χ0v) is 20.5. The van der Waals surface area contributed by atoms with Gasteiger partial charge in [-0.3, -0.25) is 19.1 Å². The summed E-state index contributed by atoms with van der Waals surface area (Å²) in [7, 11) is -1.82. The van der Waals surface area contributed by atoms with Crippen LogP contribution < -0.4 is 20.9 Å². The zero-order chi connectivity index (χ0) is 26.0. The third-order valence-electron chi connectivity index (χ3n) is 5.18. The molecule has 1 saturated heterocycles. The number of benzene rings is 2. The quantitative estimate of drug-likeness (QED) is 0.181. The molecule has 190 valence electrons. The van der Waals surface area contributed by atoms with Gasteiger partial charge in [0, 0.05) is 18.7 Å². The van der Waals surface area contributed by atoms with E-state index < -0.39 is 37.9 Å². The highest BCUT2D eigenvalue weighted by atomic mass is 31.2. The van der Waals surface area contributed by atoms with E-state index in [2.05, 4.69) is 16.0 Å². The third kappa shape index (κ3) is 7.34. The molecule has 0 bridgehead atoms. The molecule has 1 aliphatic rings. The lowest BCUT2D eigenvalue weighted by Gasteiger charge is -2.18. The van der Waals surface area contributed by atoms with Crippen LogP contribution in [0.25, 0.3) is 0 Å². The first-order chi connectivity index (χ1) is 18.0. The summed E-state index contributed by atoms with van der Waals surface area (Å²) in [5.41, 5.74) is -0.282. The average Bonchev–Trinajstić information content (AvgIpc) is 3.33. The summed E-state index contributed by atoms with van der Waals surface area (Å²) in [6.07, 6.45) is 7.79. The maximum atomic E-state index is 12.3. The Morgan fingerprint density at radius 1 is 1.16 bits per heavy atom. The second kappa shape index (κ2) is 12.6. The highest BCUT2D eigenvalue weighted by Crippen LogP contribution is 2.39. The van der Waals surface area contributed by atoms with Gasteiger partial charge in [-0.2, -0.15) is 0 Å². The van der Waals surface area contributed by atoms with Crippen molar-refractivity contribution in [2.75, 3.05) is 6.54 Å². The van der Waals surface area contributed by atoms with Gasteiger partial charge in [-0.25, -0.2) is 9.88 Å². The van der Waals surface area contributed by atoms with Crippen molar-refractivity contribution < 1.29 is 23.3 Å². The van der Waals surface area contributed by atoms with Gasteiger partial charge in [0.15, 0.2) is 6.23 Å². The van der Waals surface area contributed by atoms with Gasteiger partial charge in [-0.05, 0) is 17.7 Å². The number of aromatic nitrogens is 2. The number of rotatable bonds is 10. The minimum Gasteiger partial charge on any atom is -0.470 e. The Kier molecular flexibility index (Phi) is 8.76. The fourth-order valence-electron chi connectivity index (χ4n) is 3.39. The number of hydrogen-bond donors (Lipinski definition) is 2. The van der Waals surface area contributed by atoms with Crippen LogP contribution in [0.4, 0.5) is 0 Å². The first kappa shape index (κ1) is 25.8. The van der Waals surface area contributed by atoms with Crippen LogP contribution in [0, 0.1) is 18.3 Å². The van der Waals surface area contributed by atoms with Crippen LogP contribution in [0.1, 0.15) is 18.2 Å². The Balaban J connectivity index is 1.40. The number of nitrogens with zero attached hydrogens (tertiary/aromatic N) is 1. The van der Waals surface area contributed by atoms with Gasteiger partial charge in [-0.1, -0.05) is 54.5 Å². The molecule has 0 amide bonds. The molecule has 0 spiro atoms. The molecular weight excluding hydrogens is 497 g/mol. The molecule has 10 nitrogen and oxygen atoms in total. The van der Waals surface area contributed by atoms with Crippen LogP contribution in [0.5, 0.6) is 5.75 Å². The van der Waals surface area contributed by atoms with Crippen molar-refractivity contribution in [1.82, 2.24) is 14.6 Å². The first-order valence-electron chi connectivity index (χ1n) is 11.3. The molecular formula is C26H24N3O7P. The van der Waals surface area contributed by atoms with E-state index in [1.807, 2.05) is 36.4 Å². The number of hydrogen-bond acceptors (Lipinski definition) is 8. The predicted octanol–water partition coefficient (Wildman–Crippen LogP) is 3.20. The van der Waals surface area contributed by atoms with Crippen molar-refractivity contribution in [1.29, 1.82) is 0 Å². The smallest absolute Gasteiger partial charge is 0.381 e. The Morgan fingerprint density at radius 2 is 1.89 bits per heavy atom. The molecule has 3 unspecified atom stereocenters. The Morgan fingerprint density at radius 3 is 2.59 bits per heavy atom. The molecule has 3 atom stereocenters. The Hall–Kier alpha value is -4.32. The number of carbonyl (C=O) groups is 1. The lowest BCUT2D eigenvalue weighted by atomic mass is 10.1. The molecule has 4 rings (SSSR count). The number of terminal acetylenes is 1. The Labute approximate surface area is 213 Å². The fraction of sp³-hybridized carbons (Fsp3) is 0.192. The second-order valence-corrected chi connectivity index (χ2v) is 9.06. The standard InChI is InChI=1S/C26H24N3O7P/c1-2-20-15-22(35-25(20)29-14-13-23(30)28-26(29)32)18-34-37(36-21-11-7-4-8-12-21)27-16-24(31)33-17-19-9-5-3-6-10-19/h1,3-14,18,20,25,27H,15-17H2,(H,28,30,32)/b22-18-. The van der Waals surface area contributed by atoms with E-state index in [0.717, 1.165) is 5.56 Å². The molecule has 3 aromatic rings. The fourth-order valence-corrected chi connectivity index (χ4v) is 4.36. The third-order valence-corrected chi connectivity index (χ3v) is 6.27. The van der Waals surface area contributed by atoms with Gasteiger partial charge in [0.2, 0.25) is 0 Å². The van der Waals surface area contributed by atoms with Crippen molar-refractivity contribution >= 4 is 14.5 Å². The minimum atomic E-state index is -1.82. The summed E-state index contributed by atoms with van der Waals surface area (Å²) >= 11 is 0. The van der Waals surface area contributed by atoms with Gasteiger partial charge < -0.3 is 18.5 Å². The summed E-state index contributed by atoms with van der Waals surface area (Å²) in [5, 5.41) is 2.92. The maximum absolute atomic E-state index is 12.3. The van der Waals surface area contributed by atoms with Crippen LogP contribution in [0.15, 0.2) is 94.5 Å². The molecule has 0 saturated carbocycles. The average molecular weight is 521 g/mol. The summed E-state index contributed by atoms with van der Waals surface area (Å²) in [4.78, 5) is 38.0. The topological polar surface area (TPSA) is 121 Å². The largest absolute Gasteiger partial charge is 0.470 e. The van der Waals surface area contributed by atoms with Crippen LogP contribution in [-0.2, 0) is 25.4 Å². The van der Waals surface area contributed by atoms with Crippen LogP contribution in [-0.4, -0.2) is 22.1 Å². The van der Waals surface area contributed by atoms with E-state index in [-0.39, 0.29) is 13.2 Å².